The molecule has 12 heavy (non-hydrogen) atoms. The third-order valence-corrected chi connectivity index (χ3v) is 2.45. The smallest absolute Gasteiger partial charge is 0.159 e. The van der Waals surface area contributed by atoms with E-state index >= 15 is 0 Å². The Bertz CT molecular complexity index is 138. The Morgan fingerprint density at radius 3 is 2.50 bits per heavy atom. The van der Waals surface area contributed by atoms with Gasteiger partial charge in [0.05, 0.1) is 6.10 Å². The van der Waals surface area contributed by atoms with E-state index in [2.05, 4.69) is 25.9 Å². The Morgan fingerprint density at radius 2 is 2.00 bits per heavy atom. The van der Waals surface area contributed by atoms with Gasteiger partial charge in [0.25, 0.3) is 0 Å². The second kappa shape index (κ2) is 4.21. The van der Waals surface area contributed by atoms with E-state index in [1.165, 1.54) is 0 Å². The zero-order valence-electron chi connectivity index (χ0n) is 8.41. The molecule has 1 saturated heterocycles. The van der Waals surface area contributed by atoms with Crippen LogP contribution in [0.5, 0.6) is 0 Å². The Hall–Kier alpha value is -0.120. The fourth-order valence-corrected chi connectivity index (χ4v) is 1.65. The van der Waals surface area contributed by atoms with Crippen LogP contribution in [0.4, 0.5) is 0 Å². The monoisotopic (exact) mass is 173 g/mol. The lowest BCUT2D eigenvalue weighted by molar-refractivity contribution is -0.188. The van der Waals surface area contributed by atoms with Gasteiger partial charge in [0.2, 0.25) is 0 Å². The van der Waals surface area contributed by atoms with Crippen LogP contribution in [0.15, 0.2) is 0 Å². The van der Waals surface area contributed by atoms with Gasteiger partial charge in [-0.15, -0.1) is 0 Å². The van der Waals surface area contributed by atoms with E-state index in [0.717, 1.165) is 12.8 Å². The zero-order valence-corrected chi connectivity index (χ0v) is 8.41. The molecule has 3 heteroatoms. The maximum absolute atomic E-state index is 5.57. The first-order valence-corrected chi connectivity index (χ1v) is 4.48. The van der Waals surface area contributed by atoms with Gasteiger partial charge < -0.3 is 14.4 Å². The Morgan fingerprint density at radius 1 is 1.33 bits per heavy atom. The van der Waals surface area contributed by atoms with Crippen LogP contribution in [0, 0.1) is 0 Å². The van der Waals surface area contributed by atoms with E-state index < -0.39 is 0 Å². The topological polar surface area (TPSA) is 21.7 Å². The minimum Gasteiger partial charge on any atom is -0.356 e. The highest BCUT2D eigenvalue weighted by molar-refractivity contribution is 4.76. The van der Waals surface area contributed by atoms with E-state index in [1.54, 1.807) is 7.11 Å². The molecule has 1 fully saturated rings. The van der Waals surface area contributed by atoms with Gasteiger partial charge in [0.1, 0.15) is 0 Å². The molecule has 1 heterocycles. The molecule has 1 rings (SSSR count). The second-order valence-electron chi connectivity index (χ2n) is 3.70. The standard InChI is InChI=1S/C9H19NO2/c1-7-5-8(10(2)3)6-9(11-4)12-7/h7-9H,5-6H2,1-4H3/t7-,8+,9?/m1/s1. The zero-order chi connectivity index (χ0) is 9.14. The fraction of sp³-hybridized carbons (Fsp3) is 1.00. The minimum atomic E-state index is -0.0128. The van der Waals surface area contributed by atoms with E-state index in [1.807, 2.05) is 0 Å². The van der Waals surface area contributed by atoms with Crippen molar-refractivity contribution >= 4 is 0 Å². The molecule has 1 unspecified atom stereocenters. The molecule has 0 amide bonds. The van der Waals surface area contributed by atoms with Crippen LogP contribution in [0.2, 0.25) is 0 Å². The first-order chi connectivity index (χ1) is 5.63. The largest absolute Gasteiger partial charge is 0.356 e. The van der Waals surface area contributed by atoms with E-state index in [9.17, 15) is 0 Å². The minimum absolute atomic E-state index is 0.0128. The van der Waals surface area contributed by atoms with Crippen LogP contribution >= 0.6 is 0 Å². The lowest BCUT2D eigenvalue weighted by Gasteiger charge is -2.36. The third-order valence-electron chi connectivity index (χ3n) is 2.45. The third kappa shape index (κ3) is 2.44. The van der Waals surface area contributed by atoms with Crippen LogP contribution in [-0.2, 0) is 9.47 Å². The number of methoxy groups -OCH3 is 1. The van der Waals surface area contributed by atoms with Crippen molar-refractivity contribution in [3.05, 3.63) is 0 Å². The van der Waals surface area contributed by atoms with Crippen LogP contribution in [0.25, 0.3) is 0 Å². The Balaban J connectivity index is 2.45. The van der Waals surface area contributed by atoms with Crippen molar-refractivity contribution in [2.75, 3.05) is 21.2 Å². The van der Waals surface area contributed by atoms with Crippen molar-refractivity contribution in [3.8, 4) is 0 Å². The quantitative estimate of drug-likeness (QED) is 0.624. The highest BCUT2D eigenvalue weighted by atomic mass is 16.7. The summed E-state index contributed by atoms with van der Waals surface area (Å²) in [7, 11) is 5.92. The molecular formula is C9H19NO2. The summed E-state index contributed by atoms with van der Waals surface area (Å²) in [4.78, 5) is 2.24. The molecule has 72 valence electrons. The number of nitrogens with zero attached hydrogens (tertiary/aromatic N) is 1. The van der Waals surface area contributed by atoms with Crippen molar-refractivity contribution in [2.45, 2.75) is 38.2 Å². The van der Waals surface area contributed by atoms with Gasteiger partial charge in [-0.05, 0) is 27.4 Å². The molecule has 0 bridgehead atoms. The Labute approximate surface area is 74.6 Å². The second-order valence-corrected chi connectivity index (χ2v) is 3.70. The number of hydrogen-bond acceptors (Lipinski definition) is 3. The number of rotatable bonds is 2. The van der Waals surface area contributed by atoms with E-state index in [-0.39, 0.29) is 6.29 Å². The maximum Gasteiger partial charge on any atom is 0.159 e. The van der Waals surface area contributed by atoms with Crippen LogP contribution < -0.4 is 0 Å². The van der Waals surface area contributed by atoms with Gasteiger partial charge in [-0.1, -0.05) is 0 Å². The van der Waals surface area contributed by atoms with Gasteiger partial charge in [-0.3, -0.25) is 0 Å². The van der Waals surface area contributed by atoms with Crippen LogP contribution in [0.1, 0.15) is 19.8 Å². The van der Waals surface area contributed by atoms with Crippen LogP contribution in [-0.4, -0.2) is 44.5 Å². The number of ether oxygens (including phenoxy) is 2. The summed E-state index contributed by atoms with van der Waals surface area (Å²) in [6, 6.07) is 0.596. The van der Waals surface area contributed by atoms with Gasteiger partial charge >= 0.3 is 0 Å². The molecule has 0 aromatic rings. The molecule has 3 nitrogen and oxygen atoms in total. The molecule has 0 aliphatic carbocycles. The SMILES string of the molecule is COC1C[C@@H](N(C)C)C[C@@H](C)O1. The predicted octanol–water partition coefficient (Wildman–Crippen LogP) is 1.09. The molecule has 0 saturated carbocycles. The highest BCUT2D eigenvalue weighted by Gasteiger charge is 2.27. The van der Waals surface area contributed by atoms with Crippen molar-refractivity contribution in [1.82, 2.24) is 4.90 Å². The van der Waals surface area contributed by atoms with Gasteiger partial charge in [0, 0.05) is 19.6 Å². The van der Waals surface area contributed by atoms with Gasteiger partial charge in [-0.25, -0.2) is 0 Å². The predicted molar refractivity (Wildman–Crippen MR) is 48.1 cm³/mol. The molecule has 0 N–H and O–H groups in total. The molecule has 0 spiro atoms. The van der Waals surface area contributed by atoms with Crippen molar-refractivity contribution in [1.29, 1.82) is 0 Å². The van der Waals surface area contributed by atoms with E-state index in [0.29, 0.717) is 12.1 Å². The number of hydrogen-bond donors (Lipinski definition) is 0. The summed E-state index contributed by atoms with van der Waals surface area (Å²) in [5, 5.41) is 0. The molecule has 0 aromatic heterocycles. The first kappa shape index (κ1) is 9.96. The first-order valence-electron chi connectivity index (χ1n) is 4.48. The molecule has 0 aromatic carbocycles. The summed E-state index contributed by atoms with van der Waals surface area (Å²) < 4.78 is 10.8. The van der Waals surface area contributed by atoms with Crippen molar-refractivity contribution in [3.63, 3.8) is 0 Å². The summed E-state index contributed by atoms with van der Waals surface area (Å²) in [6.45, 7) is 2.10. The highest BCUT2D eigenvalue weighted by Crippen LogP contribution is 2.22. The maximum atomic E-state index is 5.57. The lowest BCUT2D eigenvalue weighted by atomic mass is 10.0. The van der Waals surface area contributed by atoms with Gasteiger partial charge in [-0.2, -0.15) is 0 Å². The summed E-state index contributed by atoms with van der Waals surface area (Å²) in [5.41, 5.74) is 0. The molecule has 3 atom stereocenters. The normalized spacial score (nSPS) is 37.2. The van der Waals surface area contributed by atoms with Gasteiger partial charge in [0.15, 0.2) is 6.29 Å². The average molecular weight is 173 g/mol. The average Bonchev–Trinajstić information content (AvgIpc) is 2.03. The van der Waals surface area contributed by atoms with Crippen molar-refractivity contribution < 1.29 is 9.47 Å². The van der Waals surface area contributed by atoms with E-state index in [4.69, 9.17) is 9.47 Å². The van der Waals surface area contributed by atoms with Crippen molar-refractivity contribution in [2.24, 2.45) is 0 Å². The fourth-order valence-electron chi connectivity index (χ4n) is 1.65. The summed E-state index contributed by atoms with van der Waals surface area (Å²) in [5.74, 6) is 0. The molecule has 1 aliphatic heterocycles. The van der Waals surface area contributed by atoms with Crippen LogP contribution in [0.3, 0.4) is 0 Å². The summed E-state index contributed by atoms with van der Waals surface area (Å²) >= 11 is 0. The molecular weight excluding hydrogens is 154 g/mol. The summed E-state index contributed by atoms with van der Waals surface area (Å²) in [6.07, 6.45) is 2.39. The molecule has 0 radical (unpaired) electrons. The molecule has 1 aliphatic rings. The Kier molecular flexibility index (Phi) is 3.50. The lowest BCUT2D eigenvalue weighted by Crippen LogP contribution is -2.42.